The monoisotopic (exact) mass is 322 g/mol. The standard InChI is InChI=1S/C20H19FN2O/c1-13-19(17-7-6-16(21)10-18(17)20(24)22-13)12-23-9-8-14-4-2-3-5-15(14)11-23/h2-7,10H,8-9,11-12H2,1H3,(H,22,24). The minimum absolute atomic E-state index is 0.227. The van der Waals surface area contributed by atoms with Crippen LogP contribution in [0.3, 0.4) is 0 Å². The summed E-state index contributed by atoms with van der Waals surface area (Å²) >= 11 is 0. The minimum Gasteiger partial charge on any atom is -0.326 e. The van der Waals surface area contributed by atoms with Crippen LogP contribution in [0.1, 0.15) is 22.4 Å². The number of hydrogen-bond acceptors (Lipinski definition) is 2. The fourth-order valence-electron chi connectivity index (χ4n) is 3.60. The number of aryl methyl sites for hydroxylation is 1. The van der Waals surface area contributed by atoms with Crippen LogP contribution >= 0.6 is 0 Å². The van der Waals surface area contributed by atoms with Crippen LogP contribution in [0.5, 0.6) is 0 Å². The Morgan fingerprint density at radius 1 is 1.12 bits per heavy atom. The molecule has 0 radical (unpaired) electrons. The van der Waals surface area contributed by atoms with Crippen molar-refractivity contribution in [3.05, 3.63) is 81.0 Å². The van der Waals surface area contributed by atoms with Crippen LogP contribution in [0.4, 0.5) is 4.39 Å². The first-order valence-electron chi connectivity index (χ1n) is 8.22. The molecule has 4 rings (SSSR count). The van der Waals surface area contributed by atoms with E-state index < -0.39 is 0 Å². The molecule has 0 atom stereocenters. The Morgan fingerprint density at radius 2 is 1.92 bits per heavy atom. The van der Waals surface area contributed by atoms with E-state index in [9.17, 15) is 9.18 Å². The lowest BCUT2D eigenvalue weighted by Crippen LogP contribution is -2.30. The summed E-state index contributed by atoms with van der Waals surface area (Å²) in [7, 11) is 0. The Labute approximate surface area is 139 Å². The van der Waals surface area contributed by atoms with Gasteiger partial charge in [0, 0.05) is 25.3 Å². The maximum Gasteiger partial charge on any atom is 0.256 e. The van der Waals surface area contributed by atoms with Gasteiger partial charge in [-0.25, -0.2) is 4.39 Å². The van der Waals surface area contributed by atoms with Crippen molar-refractivity contribution in [2.45, 2.75) is 26.4 Å². The molecule has 1 N–H and O–H groups in total. The molecule has 1 aromatic heterocycles. The average molecular weight is 322 g/mol. The van der Waals surface area contributed by atoms with Gasteiger partial charge in [0.05, 0.1) is 5.39 Å². The zero-order valence-electron chi connectivity index (χ0n) is 13.6. The number of aromatic amines is 1. The van der Waals surface area contributed by atoms with E-state index in [4.69, 9.17) is 0 Å². The predicted molar refractivity (Wildman–Crippen MR) is 93.5 cm³/mol. The van der Waals surface area contributed by atoms with Crippen molar-refractivity contribution in [2.75, 3.05) is 6.54 Å². The summed E-state index contributed by atoms with van der Waals surface area (Å²) in [6, 6.07) is 13.0. The van der Waals surface area contributed by atoms with Gasteiger partial charge in [-0.3, -0.25) is 9.69 Å². The van der Waals surface area contributed by atoms with Crippen molar-refractivity contribution in [1.82, 2.24) is 9.88 Å². The van der Waals surface area contributed by atoms with Crippen molar-refractivity contribution >= 4 is 10.8 Å². The van der Waals surface area contributed by atoms with Gasteiger partial charge in [0.25, 0.3) is 5.56 Å². The summed E-state index contributed by atoms with van der Waals surface area (Å²) in [5, 5.41) is 1.27. The molecule has 3 nitrogen and oxygen atoms in total. The molecule has 3 aromatic rings. The summed E-state index contributed by atoms with van der Waals surface area (Å²) in [5.41, 5.74) is 4.48. The zero-order chi connectivity index (χ0) is 16.7. The van der Waals surface area contributed by atoms with Crippen LogP contribution in [0, 0.1) is 12.7 Å². The molecule has 122 valence electrons. The van der Waals surface area contributed by atoms with Gasteiger partial charge in [-0.1, -0.05) is 30.3 Å². The zero-order valence-corrected chi connectivity index (χ0v) is 13.6. The van der Waals surface area contributed by atoms with Crippen LogP contribution in [-0.2, 0) is 19.5 Å². The number of halogens is 1. The molecule has 0 aliphatic carbocycles. The van der Waals surface area contributed by atoms with Crippen molar-refractivity contribution in [3.8, 4) is 0 Å². The Kier molecular flexibility index (Phi) is 3.69. The maximum atomic E-state index is 13.5. The highest BCUT2D eigenvalue weighted by molar-refractivity contribution is 5.85. The lowest BCUT2D eigenvalue weighted by Gasteiger charge is -2.29. The molecule has 2 aromatic carbocycles. The summed E-state index contributed by atoms with van der Waals surface area (Å²) in [6.45, 7) is 4.55. The summed E-state index contributed by atoms with van der Waals surface area (Å²) in [4.78, 5) is 17.4. The molecule has 0 bridgehead atoms. The third-order valence-electron chi connectivity index (χ3n) is 4.90. The third kappa shape index (κ3) is 2.63. The number of nitrogens with zero attached hydrogens (tertiary/aromatic N) is 1. The van der Waals surface area contributed by atoms with E-state index in [1.54, 1.807) is 6.07 Å². The highest BCUT2D eigenvalue weighted by Gasteiger charge is 2.18. The van der Waals surface area contributed by atoms with Crippen molar-refractivity contribution in [3.63, 3.8) is 0 Å². The number of aromatic nitrogens is 1. The molecule has 1 aliphatic heterocycles. The van der Waals surface area contributed by atoms with Gasteiger partial charge in [-0.15, -0.1) is 0 Å². The SMILES string of the molecule is Cc1[nH]c(=O)c2cc(F)ccc2c1CN1CCc2ccccc2C1. The van der Waals surface area contributed by atoms with E-state index >= 15 is 0 Å². The van der Waals surface area contributed by atoms with E-state index in [0.29, 0.717) is 5.39 Å². The Hall–Kier alpha value is -2.46. The van der Waals surface area contributed by atoms with E-state index in [2.05, 4.69) is 34.1 Å². The first kappa shape index (κ1) is 15.1. The second-order valence-corrected chi connectivity index (χ2v) is 6.48. The number of rotatable bonds is 2. The van der Waals surface area contributed by atoms with Gasteiger partial charge in [0.1, 0.15) is 5.82 Å². The quantitative estimate of drug-likeness (QED) is 0.783. The first-order valence-corrected chi connectivity index (χ1v) is 8.22. The molecular formula is C20H19FN2O. The van der Waals surface area contributed by atoms with Crippen molar-refractivity contribution < 1.29 is 4.39 Å². The third-order valence-corrected chi connectivity index (χ3v) is 4.90. The van der Waals surface area contributed by atoms with Crippen LogP contribution in [-0.4, -0.2) is 16.4 Å². The predicted octanol–water partition coefficient (Wildman–Crippen LogP) is 3.53. The lowest BCUT2D eigenvalue weighted by molar-refractivity contribution is 0.245. The normalized spacial score (nSPS) is 14.8. The molecular weight excluding hydrogens is 303 g/mol. The second-order valence-electron chi connectivity index (χ2n) is 6.48. The van der Waals surface area contributed by atoms with Gasteiger partial charge in [-0.05, 0) is 47.6 Å². The molecule has 0 spiro atoms. The minimum atomic E-state index is -0.380. The van der Waals surface area contributed by atoms with Gasteiger partial charge in [0.15, 0.2) is 0 Å². The number of nitrogens with one attached hydrogen (secondary N) is 1. The van der Waals surface area contributed by atoms with Gasteiger partial charge < -0.3 is 4.98 Å². The number of pyridine rings is 1. The fourth-order valence-corrected chi connectivity index (χ4v) is 3.60. The molecule has 24 heavy (non-hydrogen) atoms. The Bertz CT molecular complexity index is 977. The van der Waals surface area contributed by atoms with Crippen LogP contribution in [0.15, 0.2) is 47.3 Å². The summed E-state index contributed by atoms with van der Waals surface area (Å²) < 4.78 is 13.5. The lowest BCUT2D eigenvalue weighted by atomic mass is 9.98. The van der Waals surface area contributed by atoms with Crippen LogP contribution in [0.2, 0.25) is 0 Å². The van der Waals surface area contributed by atoms with Gasteiger partial charge in [0.2, 0.25) is 0 Å². The van der Waals surface area contributed by atoms with Crippen LogP contribution in [0.25, 0.3) is 10.8 Å². The maximum absolute atomic E-state index is 13.5. The summed E-state index contributed by atoms with van der Waals surface area (Å²) in [6.07, 6.45) is 1.03. The first-order chi connectivity index (χ1) is 11.6. The highest BCUT2D eigenvalue weighted by Crippen LogP contribution is 2.24. The Morgan fingerprint density at radius 3 is 2.75 bits per heavy atom. The number of H-pyrrole nitrogens is 1. The number of hydrogen-bond donors (Lipinski definition) is 1. The number of benzene rings is 2. The molecule has 4 heteroatoms. The topological polar surface area (TPSA) is 36.1 Å². The van der Waals surface area contributed by atoms with E-state index in [0.717, 1.165) is 42.7 Å². The highest BCUT2D eigenvalue weighted by atomic mass is 19.1. The molecule has 0 saturated carbocycles. The summed E-state index contributed by atoms with van der Waals surface area (Å²) in [5.74, 6) is -0.380. The fraction of sp³-hybridized carbons (Fsp3) is 0.250. The van der Waals surface area contributed by atoms with E-state index in [1.165, 1.54) is 23.3 Å². The smallest absolute Gasteiger partial charge is 0.256 e. The van der Waals surface area contributed by atoms with Crippen LogP contribution < -0.4 is 5.56 Å². The molecule has 0 amide bonds. The van der Waals surface area contributed by atoms with Gasteiger partial charge in [-0.2, -0.15) is 0 Å². The average Bonchev–Trinajstić information content (AvgIpc) is 2.58. The largest absolute Gasteiger partial charge is 0.326 e. The second kappa shape index (κ2) is 5.87. The van der Waals surface area contributed by atoms with Crippen molar-refractivity contribution in [1.29, 1.82) is 0 Å². The van der Waals surface area contributed by atoms with Gasteiger partial charge >= 0.3 is 0 Å². The number of fused-ring (bicyclic) bond motifs is 2. The molecule has 0 unspecified atom stereocenters. The Balaban J connectivity index is 1.72. The molecule has 2 heterocycles. The van der Waals surface area contributed by atoms with E-state index in [-0.39, 0.29) is 11.4 Å². The molecule has 1 aliphatic rings. The molecule has 0 fully saturated rings. The van der Waals surface area contributed by atoms with E-state index in [1.807, 2.05) is 6.92 Å². The molecule has 0 saturated heterocycles. The van der Waals surface area contributed by atoms with Crippen molar-refractivity contribution in [2.24, 2.45) is 0 Å².